The highest BCUT2D eigenvalue weighted by atomic mass is 32.1. The molecule has 0 saturated carbocycles. The minimum atomic E-state index is -0.393. The van der Waals surface area contributed by atoms with Gasteiger partial charge in [-0.2, -0.15) is 0 Å². The second-order valence-electron chi connectivity index (χ2n) is 7.89. The second kappa shape index (κ2) is 8.64. The lowest BCUT2D eigenvalue weighted by molar-refractivity contribution is -0.133. The molecular formula is C24H22N4O3S. The van der Waals surface area contributed by atoms with Gasteiger partial charge in [-0.1, -0.05) is 42.5 Å². The molecule has 0 aliphatic carbocycles. The molecule has 0 unspecified atom stereocenters. The molecular weight excluding hydrogens is 424 g/mol. The van der Waals surface area contributed by atoms with E-state index in [2.05, 4.69) is 22.4 Å². The first-order valence-corrected chi connectivity index (χ1v) is 11.4. The summed E-state index contributed by atoms with van der Waals surface area (Å²) >= 11 is 1.65. The average molecular weight is 447 g/mol. The Morgan fingerprint density at radius 2 is 1.50 bits per heavy atom. The van der Waals surface area contributed by atoms with Crippen molar-refractivity contribution in [2.75, 3.05) is 32.7 Å². The summed E-state index contributed by atoms with van der Waals surface area (Å²) in [6.07, 6.45) is 0. The minimum Gasteiger partial charge on any atom is -0.339 e. The summed E-state index contributed by atoms with van der Waals surface area (Å²) in [7, 11) is 0. The first kappa shape index (κ1) is 20.5. The molecule has 32 heavy (non-hydrogen) atoms. The van der Waals surface area contributed by atoms with E-state index >= 15 is 0 Å². The Morgan fingerprint density at radius 1 is 0.875 bits per heavy atom. The van der Waals surface area contributed by atoms with E-state index in [9.17, 15) is 14.4 Å². The predicted octanol–water partition coefficient (Wildman–Crippen LogP) is 2.75. The van der Waals surface area contributed by atoms with Crippen LogP contribution in [0.25, 0.3) is 11.3 Å². The largest absolute Gasteiger partial charge is 0.339 e. The van der Waals surface area contributed by atoms with Gasteiger partial charge in [-0.3, -0.25) is 24.2 Å². The molecule has 0 radical (unpaired) electrons. The summed E-state index contributed by atoms with van der Waals surface area (Å²) in [5.74, 6) is -0.981. The molecule has 2 aliphatic rings. The Bertz CT molecular complexity index is 1130. The number of hydrogen-bond acceptors (Lipinski definition) is 6. The highest BCUT2D eigenvalue weighted by Gasteiger charge is 2.37. The van der Waals surface area contributed by atoms with E-state index in [0.717, 1.165) is 40.8 Å². The van der Waals surface area contributed by atoms with Crippen molar-refractivity contribution in [1.29, 1.82) is 0 Å². The van der Waals surface area contributed by atoms with E-state index in [1.807, 2.05) is 18.2 Å². The molecule has 162 valence electrons. The molecule has 2 aliphatic heterocycles. The van der Waals surface area contributed by atoms with Gasteiger partial charge in [0.05, 0.1) is 23.4 Å². The quantitative estimate of drug-likeness (QED) is 0.564. The molecule has 0 N–H and O–H groups in total. The van der Waals surface area contributed by atoms with E-state index in [1.165, 1.54) is 0 Å². The second-order valence-corrected chi connectivity index (χ2v) is 8.83. The number of thiazole rings is 1. The number of aromatic nitrogens is 1. The molecule has 3 aromatic rings. The van der Waals surface area contributed by atoms with Gasteiger partial charge in [-0.15, -0.1) is 11.3 Å². The van der Waals surface area contributed by atoms with Gasteiger partial charge in [0.15, 0.2) is 0 Å². The number of hydrogen-bond donors (Lipinski definition) is 0. The van der Waals surface area contributed by atoms with Crippen molar-refractivity contribution in [3.05, 3.63) is 76.1 Å². The Morgan fingerprint density at radius 3 is 2.16 bits per heavy atom. The molecule has 0 spiro atoms. The van der Waals surface area contributed by atoms with Crippen LogP contribution in [0.2, 0.25) is 0 Å². The lowest BCUT2D eigenvalue weighted by Gasteiger charge is -2.34. The molecule has 5 rings (SSSR count). The molecule has 8 heteroatoms. The summed E-state index contributed by atoms with van der Waals surface area (Å²) in [5, 5.41) is 3.13. The number of piperazine rings is 1. The van der Waals surface area contributed by atoms with Crippen molar-refractivity contribution in [3.8, 4) is 11.3 Å². The molecule has 3 amide bonds. The molecule has 3 heterocycles. The zero-order valence-corrected chi connectivity index (χ0v) is 18.3. The van der Waals surface area contributed by atoms with Crippen LogP contribution in [0.5, 0.6) is 0 Å². The molecule has 0 bridgehead atoms. The Balaban J connectivity index is 1.14. The fourth-order valence-electron chi connectivity index (χ4n) is 4.09. The van der Waals surface area contributed by atoms with Crippen LogP contribution < -0.4 is 0 Å². The first-order valence-electron chi connectivity index (χ1n) is 10.6. The standard InChI is InChI=1S/C24H22N4O3S/c29-22(15-28-23(30)18-8-4-5-9-19(18)24(28)31)27-12-10-26(11-13-27)14-21-25-20(16-32-21)17-6-2-1-3-7-17/h1-9,16H,10-15H2. The van der Waals surface area contributed by atoms with Gasteiger partial charge in [0.1, 0.15) is 11.6 Å². The highest BCUT2D eigenvalue weighted by Crippen LogP contribution is 2.24. The molecule has 7 nitrogen and oxygen atoms in total. The number of rotatable bonds is 5. The first-order chi connectivity index (χ1) is 15.6. The van der Waals surface area contributed by atoms with E-state index in [1.54, 1.807) is 40.5 Å². The smallest absolute Gasteiger partial charge is 0.262 e. The Kier molecular flexibility index (Phi) is 5.55. The summed E-state index contributed by atoms with van der Waals surface area (Å²) in [5.41, 5.74) is 2.83. The summed E-state index contributed by atoms with van der Waals surface area (Å²) < 4.78 is 0. The van der Waals surface area contributed by atoms with Crippen molar-refractivity contribution in [3.63, 3.8) is 0 Å². The van der Waals surface area contributed by atoms with Crippen LogP contribution in [0.4, 0.5) is 0 Å². The summed E-state index contributed by atoms with van der Waals surface area (Å²) in [6.45, 7) is 3.14. The van der Waals surface area contributed by atoms with Crippen LogP contribution in [0.15, 0.2) is 60.0 Å². The zero-order valence-electron chi connectivity index (χ0n) is 17.4. The number of amides is 3. The predicted molar refractivity (Wildman–Crippen MR) is 121 cm³/mol. The molecule has 1 saturated heterocycles. The van der Waals surface area contributed by atoms with E-state index in [0.29, 0.717) is 24.2 Å². The average Bonchev–Trinajstić information content (AvgIpc) is 3.39. The topological polar surface area (TPSA) is 73.8 Å². The van der Waals surface area contributed by atoms with Gasteiger partial charge in [-0.25, -0.2) is 4.98 Å². The third-order valence-corrected chi connectivity index (χ3v) is 6.71. The van der Waals surface area contributed by atoms with Crippen LogP contribution in [0.3, 0.4) is 0 Å². The number of benzene rings is 2. The van der Waals surface area contributed by atoms with Crippen LogP contribution in [-0.2, 0) is 11.3 Å². The maximum absolute atomic E-state index is 12.8. The molecule has 1 fully saturated rings. The van der Waals surface area contributed by atoms with Crippen molar-refractivity contribution in [1.82, 2.24) is 19.7 Å². The lowest BCUT2D eigenvalue weighted by atomic mass is 10.1. The maximum atomic E-state index is 12.8. The minimum absolute atomic E-state index is 0.195. The maximum Gasteiger partial charge on any atom is 0.262 e. The van der Waals surface area contributed by atoms with Gasteiger partial charge >= 0.3 is 0 Å². The monoisotopic (exact) mass is 446 g/mol. The van der Waals surface area contributed by atoms with Gasteiger partial charge in [0.25, 0.3) is 11.8 Å². The zero-order chi connectivity index (χ0) is 22.1. The number of nitrogens with zero attached hydrogens (tertiary/aromatic N) is 4. The normalized spacial score (nSPS) is 16.5. The Hall–Kier alpha value is -3.36. The van der Waals surface area contributed by atoms with Gasteiger partial charge in [0.2, 0.25) is 5.91 Å². The molecule has 1 aromatic heterocycles. The van der Waals surface area contributed by atoms with Crippen molar-refractivity contribution in [2.45, 2.75) is 6.54 Å². The summed E-state index contributed by atoms with van der Waals surface area (Å²) in [4.78, 5) is 47.6. The highest BCUT2D eigenvalue weighted by molar-refractivity contribution is 7.09. The molecule has 0 atom stereocenters. The third-order valence-electron chi connectivity index (χ3n) is 5.88. The fourth-order valence-corrected chi connectivity index (χ4v) is 4.93. The Labute approximate surface area is 189 Å². The number of carbonyl (C=O) groups excluding carboxylic acids is 3. The van der Waals surface area contributed by atoms with Crippen LogP contribution in [0.1, 0.15) is 25.7 Å². The number of fused-ring (bicyclic) bond motifs is 1. The van der Waals surface area contributed by atoms with Crippen LogP contribution in [0, 0.1) is 0 Å². The van der Waals surface area contributed by atoms with E-state index in [-0.39, 0.29) is 12.5 Å². The van der Waals surface area contributed by atoms with Crippen molar-refractivity contribution >= 4 is 29.1 Å². The van der Waals surface area contributed by atoms with Crippen molar-refractivity contribution in [2.24, 2.45) is 0 Å². The van der Waals surface area contributed by atoms with Crippen LogP contribution >= 0.6 is 11.3 Å². The van der Waals surface area contributed by atoms with Gasteiger partial charge < -0.3 is 4.90 Å². The SMILES string of the molecule is O=C(CN1C(=O)c2ccccc2C1=O)N1CCN(Cc2nc(-c3ccccc3)cs2)CC1. The fraction of sp³-hybridized carbons (Fsp3) is 0.250. The third kappa shape index (κ3) is 3.94. The van der Waals surface area contributed by atoms with E-state index < -0.39 is 11.8 Å². The number of imide groups is 1. The van der Waals surface area contributed by atoms with Crippen LogP contribution in [-0.4, -0.2) is 70.1 Å². The van der Waals surface area contributed by atoms with E-state index in [4.69, 9.17) is 4.98 Å². The number of carbonyl (C=O) groups is 3. The van der Waals surface area contributed by atoms with Gasteiger partial charge in [0, 0.05) is 37.1 Å². The van der Waals surface area contributed by atoms with Crippen molar-refractivity contribution < 1.29 is 14.4 Å². The lowest BCUT2D eigenvalue weighted by Crippen LogP contribution is -2.51. The van der Waals surface area contributed by atoms with Gasteiger partial charge in [-0.05, 0) is 12.1 Å². The molecule has 2 aromatic carbocycles. The summed E-state index contributed by atoms with van der Waals surface area (Å²) in [6, 6.07) is 16.8.